The molecule has 1 fully saturated rings. The SMILES string of the molecule is COc1ccc(CN2C(=O)c3ccc(-c4nn(C5CCCCO5)c5cc(F)c(F)cc45)nc3C2(C)C)cc1. The van der Waals surface area contributed by atoms with Crippen molar-refractivity contribution in [3.05, 3.63) is 77.0 Å². The first-order chi connectivity index (χ1) is 18.3. The van der Waals surface area contributed by atoms with Crippen LogP contribution in [0.5, 0.6) is 5.75 Å². The van der Waals surface area contributed by atoms with Crippen LogP contribution in [0.4, 0.5) is 8.78 Å². The summed E-state index contributed by atoms with van der Waals surface area (Å²) in [6, 6.07) is 13.4. The van der Waals surface area contributed by atoms with Gasteiger partial charge in [-0.15, -0.1) is 0 Å². The second kappa shape index (κ2) is 9.16. The van der Waals surface area contributed by atoms with Gasteiger partial charge < -0.3 is 14.4 Å². The van der Waals surface area contributed by atoms with Crippen molar-refractivity contribution in [2.45, 2.75) is 51.4 Å². The van der Waals surface area contributed by atoms with Crippen LogP contribution in [0, 0.1) is 11.6 Å². The van der Waals surface area contributed by atoms with Gasteiger partial charge in [0.05, 0.1) is 35.1 Å². The average molecular weight is 519 g/mol. The van der Waals surface area contributed by atoms with Crippen LogP contribution >= 0.6 is 0 Å². The Morgan fingerprint density at radius 1 is 1.08 bits per heavy atom. The largest absolute Gasteiger partial charge is 0.497 e. The average Bonchev–Trinajstić information content (AvgIpc) is 3.38. The minimum absolute atomic E-state index is 0.112. The zero-order chi connectivity index (χ0) is 26.6. The predicted octanol–water partition coefficient (Wildman–Crippen LogP) is 5.98. The summed E-state index contributed by atoms with van der Waals surface area (Å²) in [6.07, 6.45) is 2.28. The lowest BCUT2D eigenvalue weighted by molar-refractivity contribution is -0.0365. The third kappa shape index (κ3) is 3.93. The van der Waals surface area contributed by atoms with Crippen LogP contribution in [-0.2, 0) is 16.8 Å². The van der Waals surface area contributed by atoms with Gasteiger partial charge in [-0.2, -0.15) is 5.10 Å². The molecule has 2 aliphatic heterocycles. The van der Waals surface area contributed by atoms with Crippen molar-refractivity contribution >= 4 is 16.8 Å². The third-order valence-electron chi connectivity index (χ3n) is 7.54. The first-order valence-electron chi connectivity index (χ1n) is 12.7. The fourth-order valence-corrected chi connectivity index (χ4v) is 5.40. The van der Waals surface area contributed by atoms with E-state index in [9.17, 15) is 13.6 Å². The molecule has 196 valence electrons. The number of halogens is 2. The molecule has 0 spiro atoms. The summed E-state index contributed by atoms with van der Waals surface area (Å²) in [5.74, 6) is -1.26. The van der Waals surface area contributed by atoms with Crippen LogP contribution < -0.4 is 4.74 Å². The minimum atomic E-state index is -0.954. The summed E-state index contributed by atoms with van der Waals surface area (Å²) >= 11 is 0. The molecule has 0 radical (unpaired) electrons. The van der Waals surface area contributed by atoms with Crippen LogP contribution in [0.1, 0.15) is 61.0 Å². The van der Waals surface area contributed by atoms with E-state index >= 15 is 0 Å². The monoisotopic (exact) mass is 518 g/mol. The van der Waals surface area contributed by atoms with E-state index in [1.807, 2.05) is 38.1 Å². The molecule has 1 atom stereocenters. The molecule has 0 aliphatic carbocycles. The van der Waals surface area contributed by atoms with Gasteiger partial charge in [0, 0.05) is 24.6 Å². The van der Waals surface area contributed by atoms with Gasteiger partial charge in [0.2, 0.25) is 0 Å². The van der Waals surface area contributed by atoms with Crippen molar-refractivity contribution in [1.29, 1.82) is 0 Å². The van der Waals surface area contributed by atoms with E-state index < -0.39 is 17.2 Å². The maximum absolute atomic E-state index is 14.4. The van der Waals surface area contributed by atoms with Crippen LogP contribution in [0.2, 0.25) is 0 Å². The minimum Gasteiger partial charge on any atom is -0.497 e. The molecule has 1 saturated heterocycles. The number of methoxy groups -OCH3 is 1. The number of aromatic nitrogens is 3. The molecule has 0 bridgehead atoms. The number of carbonyl (C=O) groups excluding carboxylic acids is 1. The molecule has 38 heavy (non-hydrogen) atoms. The smallest absolute Gasteiger partial charge is 0.256 e. The number of benzene rings is 2. The summed E-state index contributed by atoms with van der Waals surface area (Å²) in [4.78, 5) is 20.1. The lowest BCUT2D eigenvalue weighted by Crippen LogP contribution is -2.38. The Labute approximate surface area is 219 Å². The number of hydrogen-bond acceptors (Lipinski definition) is 5. The molecule has 2 aromatic heterocycles. The summed E-state index contributed by atoms with van der Waals surface area (Å²) in [5, 5.41) is 5.19. The Balaban J connectivity index is 1.41. The molecule has 0 saturated carbocycles. The van der Waals surface area contributed by atoms with Gasteiger partial charge in [-0.1, -0.05) is 12.1 Å². The highest BCUT2D eigenvalue weighted by Crippen LogP contribution is 2.41. The topological polar surface area (TPSA) is 69.5 Å². The zero-order valence-corrected chi connectivity index (χ0v) is 21.5. The van der Waals surface area contributed by atoms with Crippen molar-refractivity contribution in [3.63, 3.8) is 0 Å². The van der Waals surface area contributed by atoms with E-state index in [-0.39, 0.29) is 12.1 Å². The van der Waals surface area contributed by atoms with Crippen molar-refractivity contribution in [2.24, 2.45) is 0 Å². The van der Waals surface area contributed by atoms with E-state index in [2.05, 4.69) is 0 Å². The summed E-state index contributed by atoms with van der Waals surface area (Å²) in [5.41, 5.74) is 2.76. The van der Waals surface area contributed by atoms with Crippen molar-refractivity contribution in [1.82, 2.24) is 19.7 Å². The van der Waals surface area contributed by atoms with Gasteiger partial charge in [-0.25, -0.2) is 18.4 Å². The summed E-state index contributed by atoms with van der Waals surface area (Å²) < 4.78 is 41.4. The van der Waals surface area contributed by atoms with E-state index in [1.165, 1.54) is 0 Å². The number of hydrogen-bond donors (Lipinski definition) is 0. The first-order valence-corrected chi connectivity index (χ1v) is 12.7. The Kier molecular flexibility index (Phi) is 5.90. The van der Waals surface area contributed by atoms with Crippen molar-refractivity contribution in [2.75, 3.05) is 13.7 Å². The number of pyridine rings is 1. The van der Waals surface area contributed by atoms with Gasteiger partial charge >= 0.3 is 0 Å². The number of ether oxygens (including phenoxy) is 2. The molecule has 4 heterocycles. The number of carbonyl (C=O) groups is 1. The Hall–Kier alpha value is -3.85. The van der Waals surface area contributed by atoms with E-state index in [4.69, 9.17) is 19.6 Å². The van der Waals surface area contributed by atoms with Gasteiger partial charge in [-0.05, 0) is 69.0 Å². The molecule has 2 aliphatic rings. The highest BCUT2D eigenvalue weighted by molar-refractivity contribution is 6.00. The number of fused-ring (bicyclic) bond motifs is 2. The van der Waals surface area contributed by atoms with Crippen molar-refractivity contribution < 1.29 is 23.0 Å². The maximum atomic E-state index is 14.4. The lowest BCUT2D eigenvalue weighted by atomic mass is 9.98. The molecular formula is C29H28F2N4O3. The molecule has 4 aromatic rings. The molecule has 9 heteroatoms. The van der Waals surface area contributed by atoms with Crippen LogP contribution in [0.15, 0.2) is 48.5 Å². The lowest BCUT2D eigenvalue weighted by Gasteiger charge is -2.32. The van der Waals surface area contributed by atoms with E-state index in [1.54, 1.807) is 28.8 Å². The first kappa shape index (κ1) is 24.5. The van der Waals surface area contributed by atoms with E-state index in [0.717, 1.165) is 42.7 Å². The second-order valence-corrected chi connectivity index (χ2v) is 10.3. The molecule has 2 aromatic carbocycles. The number of amides is 1. The Morgan fingerprint density at radius 3 is 2.55 bits per heavy atom. The quantitative estimate of drug-likeness (QED) is 0.325. The highest BCUT2D eigenvalue weighted by Gasteiger charge is 2.44. The third-order valence-corrected chi connectivity index (χ3v) is 7.54. The Morgan fingerprint density at radius 2 is 1.84 bits per heavy atom. The standard InChI is InChI=1S/C29H28F2N4O3/c1-29(2)27-19(28(36)34(29)16-17-7-9-18(37-3)10-8-17)11-12-23(32-27)26-20-14-21(30)22(31)15-24(20)35(33-26)25-6-4-5-13-38-25/h7-12,14-15,25H,4-6,13,16H2,1-3H3. The van der Waals surface area contributed by atoms with Crippen LogP contribution in [0.3, 0.4) is 0 Å². The van der Waals surface area contributed by atoms with Crippen molar-refractivity contribution in [3.8, 4) is 17.1 Å². The predicted molar refractivity (Wildman–Crippen MR) is 138 cm³/mol. The van der Waals surface area contributed by atoms with Gasteiger partial charge in [0.15, 0.2) is 17.9 Å². The second-order valence-electron chi connectivity index (χ2n) is 10.3. The zero-order valence-electron chi connectivity index (χ0n) is 21.5. The number of nitrogens with zero attached hydrogens (tertiary/aromatic N) is 4. The van der Waals surface area contributed by atoms with E-state index in [0.29, 0.717) is 46.7 Å². The van der Waals surface area contributed by atoms with Crippen LogP contribution in [-0.4, -0.2) is 39.3 Å². The number of rotatable bonds is 5. The summed E-state index contributed by atoms with van der Waals surface area (Å²) in [7, 11) is 1.61. The van der Waals surface area contributed by atoms with Gasteiger partial charge in [0.25, 0.3) is 5.91 Å². The molecule has 0 N–H and O–H groups in total. The Bertz CT molecular complexity index is 1540. The maximum Gasteiger partial charge on any atom is 0.256 e. The summed E-state index contributed by atoms with van der Waals surface area (Å²) in [6.45, 7) is 4.91. The fraction of sp³-hybridized carbons (Fsp3) is 0.345. The molecule has 1 unspecified atom stereocenters. The molecular weight excluding hydrogens is 490 g/mol. The van der Waals surface area contributed by atoms with Gasteiger partial charge in [-0.3, -0.25) is 4.79 Å². The highest BCUT2D eigenvalue weighted by atomic mass is 19.2. The fourth-order valence-electron chi connectivity index (χ4n) is 5.40. The molecule has 7 nitrogen and oxygen atoms in total. The van der Waals surface area contributed by atoms with Gasteiger partial charge in [0.1, 0.15) is 11.4 Å². The van der Waals surface area contributed by atoms with Crippen LogP contribution in [0.25, 0.3) is 22.3 Å². The molecule has 1 amide bonds. The normalized spacial score (nSPS) is 18.7. The molecule has 6 rings (SSSR count).